The Morgan fingerprint density at radius 2 is 1.84 bits per heavy atom. The zero-order valence-corrected chi connectivity index (χ0v) is 10.2. The lowest BCUT2D eigenvalue weighted by atomic mass is 10.0. The predicted octanol–water partition coefficient (Wildman–Crippen LogP) is 2.01. The molecular formula is C13H13F2NO3. The van der Waals surface area contributed by atoms with Crippen LogP contribution in [0.1, 0.15) is 31.4 Å². The highest BCUT2D eigenvalue weighted by atomic mass is 19.1. The van der Waals surface area contributed by atoms with Crippen LogP contribution in [-0.4, -0.2) is 17.0 Å². The van der Waals surface area contributed by atoms with Gasteiger partial charge in [-0.3, -0.25) is 9.59 Å². The molecule has 19 heavy (non-hydrogen) atoms. The molecule has 1 unspecified atom stereocenters. The van der Waals surface area contributed by atoms with Crippen LogP contribution in [0, 0.1) is 17.0 Å². The number of nitrogens with one attached hydrogen (secondary N) is 1. The van der Waals surface area contributed by atoms with E-state index in [0.717, 1.165) is 12.1 Å². The maximum Gasteiger partial charge on any atom is 0.319 e. The Balaban J connectivity index is 2.16. The lowest BCUT2D eigenvalue weighted by Gasteiger charge is -2.18. The van der Waals surface area contributed by atoms with Gasteiger partial charge in [-0.05, 0) is 31.9 Å². The summed E-state index contributed by atoms with van der Waals surface area (Å²) in [4.78, 5) is 22.8. The number of hydrogen-bond donors (Lipinski definition) is 2. The lowest BCUT2D eigenvalue weighted by molar-refractivity contribution is -0.149. The second-order valence-electron chi connectivity index (χ2n) is 4.72. The average Bonchev–Trinajstić information content (AvgIpc) is 3.09. The fourth-order valence-corrected chi connectivity index (χ4v) is 1.99. The minimum Gasteiger partial charge on any atom is -0.480 e. The molecule has 4 nitrogen and oxygen atoms in total. The number of hydrogen-bond acceptors (Lipinski definition) is 2. The molecule has 1 saturated carbocycles. The Morgan fingerprint density at radius 1 is 1.32 bits per heavy atom. The summed E-state index contributed by atoms with van der Waals surface area (Å²) in [5.41, 5.74) is -1.69. The molecule has 102 valence electrons. The maximum absolute atomic E-state index is 13.5. The summed E-state index contributed by atoms with van der Waals surface area (Å²) in [6, 6.07) is 2.48. The van der Waals surface area contributed by atoms with Crippen molar-refractivity contribution in [3.63, 3.8) is 0 Å². The molecule has 0 spiro atoms. The highest BCUT2D eigenvalue weighted by Crippen LogP contribution is 2.46. The zero-order valence-electron chi connectivity index (χ0n) is 10.2. The number of rotatable bonds is 4. The van der Waals surface area contributed by atoms with E-state index >= 15 is 0 Å². The standard InChI is InChI=1S/C13H13F2NO3/c1-7(10-8(14)3-2-4-9(10)15)16-11(17)13(5-6-13)12(18)19/h2-4,7H,5-6H2,1H3,(H,16,17)(H,18,19). The molecular weight excluding hydrogens is 256 g/mol. The van der Waals surface area contributed by atoms with E-state index in [-0.39, 0.29) is 18.4 Å². The van der Waals surface area contributed by atoms with Gasteiger partial charge in [0.05, 0.1) is 6.04 Å². The second-order valence-corrected chi connectivity index (χ2v) is 4.72. The first-order valence-electron chi connectivity index (χ1n) is 5.87. The quantitative estimate of drug-likeness (QED) is 0.822. The van der Waals surface area contributed by atoms with Crippen LogP contribution in [0.3, 0.4) is 0 Å². The van der Waals surface area contributed by atoms with Gasteiger partial charge in [-0.1, -0.05) is 6.07 Å². The first-order valence-corrected chi connectivity index (χ1v) is 5.87. The van der Waals surface area contributed by atoms with Gasteiger partial charge in [-0.25, -0.2) is 8.78 Å². The summed E-state index contributed by atoms with van der Waals surface area (Å²) in [6.45, 7) is 1.41. The normalized spacial score (nSPS) is 17.6. The van der Waals surface area contributed by atoms with E-state index in [9.17, 15) is 18.4 Å². The lowest BCUT2D eigenvalue weighted by Crippen LogP contribution is -2.38. The molecule has 2 rings (SSSR count). The van der Waals surface area contributed by atoms with Crippen molar-refractivity contribution in [2.75, 3.05) is 0 Å². The third-order valence-corrected chi connectivity index (χ3v) is 3.37. The van der Waals surface area contributed by atoms with Gasteiger partial charge in [-0.15, -0.1) is 0 Å². The van der Waals surface area contributed by atoms with E-state index in [1.807, 2.05) is 0 Å². The van der Waals surface area contributed by atoms with Crippen molar-refractivity contribution >= 4 is 11.9 Å². The topological polar surface area (TPSA) is 66.4 Å². The average molecular weight is 269 g/mol. The molecule has 0 bridgehead atoms. The fourth-order valence-electron chi connectivity index (χ4n) is 1.99. The van der Waals surface area contributed by atoms with Crippen molar-refractivity contribution in [3.8, 4) is 0 Å². The highest BCUT2D eigenvalue weighted by Gasteiger charge is 2.57. The van der Waals surface area contributed by atoms with Crippen LogP contribution < -0.4 is 5.32 Å². The van der Waals surface area contributed by atoms with Crippen molar-refractivity contribution < 1.29 is 23.5 Å². The molecule has 6 heteroatoms. The van der Waals surface area contributed by atoms with E-state index in [2.05, 4.69) is 5.32 Å². The van der Waals surface area contributed by atoms with Gasteiger partial charge >= 0.3 is 5.97 Å². The van der Waals surface area contributed by atoms with Crippen molar-refractivity contribution in [1.29, 1.82) is 0 Å². The molecule has 1 aromatic rings. The van der Waals surface area contributed by atoms with E-state index in [1.165, 1.54) is 13.0 Å². The summed E-state index contributed by atoms with van der Waals surface area (Å²) in [5, 5.41) is 11.3. The number of halogens is 2. The largest absolute Gasteiger partial charge is 0.480 e. The molecule has 1 aliphatic rings. The number of aliphatic carboxylic acids is 1. The summed E-state index contributed by atoms with van der Waals surface area (Å²) >= 11 is 0. The Bertz CT molecular complexity index is 520. The number of amides is 1. The number of benzene rings is 1. The van der Waals surface area contributed by atoms with Crippen molar-refractivity contribution in [2.45, 2.75) is 25.8 Å². The van der Waals surface area contributed by atoms with E-state index in [1.54, 1.807) is 0 Å². The van der Waals surface area contributed by atoms with Crippen molar-refractivity contribution in [2.24, 2.45) is 5.41 Å². The monoisotopic (exact) mass is 269 g/mol. The first kappa shape index (κ1) is 13.5. The molecule has 0 aliphatic heterocycles. The minimum atomic E-state index is -1.42. The Labute approximate surface area is 108 Å². The SMILES string of the molecule is CC(NC(=O)C1(C(=O)O)CC1)c1c(F)cccc1F. The summed E-state index contributed by atoms with van der Waals surface area (Å²) in [7, 11) is 0. The minimum absolute atomic E-state index is 0.251. The number of carbonyl (C=O) groups is 2. The van der Waals surface area contributed by atoms with Crippen LogP contribution in [0.25, 0.3) is 0 Å². The maximum atomic E-state index is 13.5. The smallest absolute Gasteiger partial charge is 0.319 e. The fraction of sp³-hybridized carbons (Fsp3) is 0.385. The van der Waals surface area contributed by atoms with Crippen LogP contribution in [0.4, 0.5) is 8.78 Å². The molecule has 0 heterocycles. The van der Waals surface area contributed by atoms with Crippen LogP contribution >= 0.6 is 0 Å². The molecule has 0 saturated heterocycles. The summed E-state index contributed by atoms with van der Waals surface area (Å²) in [6.07, 6.45) is 0.501. The van der Waals surface area contributed by atoms with Crippen molar-refractivity contribution in [3.05, 3.63) is 35.4 Å². The molecule has 1 atom stereocenters. The summed E-state index contributed by atoms with van der Waals surface area (Å²) < 4.78 is 27.0. The molecule has 1 fully saturated rings. The number of carbonyl (C=O) groups excluding carboxylic acids is 1. The second kappa shape index (κ2) is 4.60. The Kier molecular flexibility index (Phi) is 3.26. The Hall–Kier alpha value is -1.98. The van der Waals surface area contributed by atoms with Gasteiger partial charge in [0.2, 0.25) is 5.91 Å². The Morgan fingerprint density at radius 3 is 2.26 bits per heavy atom. The van der Waals surface area contributed by atoms with Crippen molar-refractivity contribution in [1.82, 2.24) is 5.32 Å². The molecule has 1 amide bonds. The van der Waals surface area contributed by atoms with E-state index in [4.69, 9.17) is 5.11 Å². The molecule has 2 N–H and O–H groups in total. The van der Waals surface area contributed by atoms with Crippen LogP contribution in [0.5, 0.6) is 0 Å². The molecule has 0 aromatic heterocycles. The third kappa shape index (κ3) is 2.30. The third-order valence-electron chi connectivity index (χ3n) is 3.37. The predicted molar refractivity (Wildman–Crippen MR) is 62.2 cm³/mol. The summed E-state index contributed by atoms with van der Waals surface area (Å²) in [5.74, 6) is -3.44. The van der Waals surface area contributed by atoms with Gasteiger partial charge in [0.15, 0.2) is 0 Å². The zero-order chi connectivity index (χ0) is 14.2. The first-order chi connectivity index (χ1) is 8.88. The molecule has 1 aromatic carbocycles. The molecule has 1 aliphatic carbocycles. The van der Waals surface area contributed by atoms with Gasteiger partial charge in [0.25, 0.3) is 0 Å². The van der Waals surface area contributed by atoms with E-state index in [0.29, 0.717) is 0 Å². The number of carboxylic acid groups (broad SMARTS) is 1. The van der Waals surface area contributed by atoms with Gasteiger partial charge in [0, 0.05) is 5.56 Å². The van der Waals surface area contributed by atoms with E-state index < -0.39 is 35.0 Å². The highest BCUT2D eigenvalue weighted by molar-refractivity contribution is 6.04. The van der Waals surface area contributed by atoms with Crippen LogP contribution in [0.15, 0.2) is 18.2 Å². The van der Waals surface area contributed by atoms with Crippen LogP contribution in [0.2, 0.25) is 0 Å². The van der Waals surface area contributed by atoms with Crippen LogP contribution in [-0.2, 0) is 9.59 Å². The van der Waals surface area contributed by atoms with Gasteiger partial charge in [-0.2, -0.15) is 0 Å². The number of carboxylic acids is 1. The van der Waals surface area contributed by atoms with Gasteiger partial charge in [0.1, 0.15) is 17.0 Å². The van der Waals surface area contributed by atoms with Gasteiger partial charge < -0.3 is 10.4 Å². The molecule has 0 radical (unpaired) electrons.